The first kappa shape index (κ1) is 19.3. The van der Waals surface area contributed by atoms with Gasteiger partial charge in [0, 0.05) is 13.0 Å². The third kappa shape index (κ3) is 5.41. The minimum Gasteiger partial charge on any atom is -0.493 e. The maximum Gasteiger partial charge on any atom is 0.204 e. The minimum absolute atomic E-state index is 0.0320. The van der Waals surface area contributed by atoms with E-state index in [2.05, 4.69) is 0 Å². The lowest BCUT2D eigenvalue weighted by molar-refractivity contribution is -0.127. The van der Waals surface area contributed by atoms with Gasteiger partial charge in [0.1, 0.15) is 0 Å². The maximum absolute atomic E-state index is 12.4. The van der Waals surface area contributed by atoms with Crippen molar-refractivity contribution in [3.05, 3.63) is 17.7 Å². The molecular weight excluding hydrogens is 300 g/mol. The van der Waals surface area contributed by atoms with E-state index >= 15 is 0 Å². The normalized spacial score (nSPS) is 11.9. The van der Waals surface area contributed by atoms with Gasteiger partial charge in [-0.2, -0.15) is 0 Å². The lowest BCUT2D eigenvalue weighted by atomic mass is 10.0. The highest BCUT2D eigenvalue weighted by Crippen LogP contribution is 2.40. The molecule has 0 saturated heterocycles. The number of rotatable bonds is 11. The highest BCUT2D eigenvalue weighted by molar-refractivity contribution is 5.99. The standard InChI is InChI=1S/C17H26O6/c1-6-22-12(2)23-11-7-8-14(18)13-9-10-15(19-3)17(21-5)16(13)20-4/h9-10,12H,6-8,11H2,1-5H3. The van der Waals surface area contributed by atoms with Crippen molar-refractivity contribution < 1.29 is 28.5 Å². The van der Waals surface area contributed by atoms with E-state index < -0.39 is 0 Å². The average molecular weight is 326 g/mol. The van der Waals surface area contributed by atoms with Gasteiger partial charge in [0.2, 0.25) is 5.75 Å². The van der Waals surface area contributed by atoms with Crippen molar-refractivity contribution >= 4 is 5.78 Å². The van der Waals surface area contributed by atoms with Crippen LogP contribution in [0.2, 0.25) is 0 Å². The highest BCUT2D eigenvalue weighted by atomic mass is 16.7. The van der Waals surface area contributed by atoms with Crippen molar-refractivity contribution in [2.45, 2.75) is 33.0 Å². The first-order valence-corrected chi connectivity index (χ1v) is 7.64. The first-order valence-electron chi connectivity index (χ1n) is 7.64. The molecule has 1 aromatic rings. The molecule has 0 aliphatic heterocycles. The van der Waals surface area contributed by atoms with E-state index in [-0.39, 0.29) is 12.1 Å². The summed E-state index contributed by atoms with van der Waals surface area (Å²) in [6.07, 6.45) is 0.698. The summed E-state index contributed by atoms with van der Waals surface area (Å²) in [4.78, 5) is 12.4. The fourth-order valence-corrected chi connectivity index (χ4v) is 2.22. The van der Waals surface area contributed by atoms with Crippen molar-refractivity contribution in [2.75, 3.05) is 34.5 Å². The third-order valence-corrected chi connectivity index (χ3v) is 3.31. The van der Waals surface area contributed by atoms with Gasteiger partial charge in [-0.3, -0.25) is 4.79 Å². The number of methoxy groups -OCH3 is 3. The number of ether oxygens (including phenoxy) is 5. The summed E-state index contributed by atoms with van der Waals surface area (Å²) in [5.41, 5.74) is 0.475. The molecule has 1 unspecified atom stereocenters. The molecule has 6 nitrogen and oxygen atoms in total. The van der Waals surface area contributed by atoms with Gasteiger partial charge in [-0.25, -0.2) is 0 Å². The number of carbonyl (C=O) groups is 1. The lowest BCUT2D eigenvalue weighted by Crippen LogP contribution is -2.14. The lowest BCUT2D eigenvalue weighted by Gasteiger charge is -2.15. The van der Waals surface area contributed by atoms with Crippen LogP contribution < -0.4 is 14.2 Å². The molecular formula is C17H26O6. The Morgan fingerprint density at radius 3 is 2.30 bits per heavy atom. The van der Waals surface area contributed by atoms with Crippen LogP contribution in [-0.4, -0.2) is 46.6 Å². The molecule has 0 heterocycles. The second-order valence-electron chi connectivity index (χ2n) is 4.80. The van der Waals surface area contributed by atoms with E-state index in [9.17, 15) is 4.79 Å². The molecule has 0 spiro atoms. The zero-order chi connectivity index (χ0) is 17.2. The maximum atomic E-state index is 12.4. The molecule has 0 N–H and O–H groups in total. The first-order chi connectivity index (χ1) is 11.1. The van der Waals surface area contributed by atoms with Crippen LogP contribution in [0.4, 0.5) is 0 Å². The predicted molar refractivity (Wildman–Crippen MR) is 86.7 cm³/mol. The molecule has 1 atom stereocenters. The Hall–Kier alpha value is -1.79. The van der Waals surface area contributed by atoms with Crippen LogP contribution in [0.3, 0.4) is 0 Å². The molecule has 0 aliphatic rings. The number of carbonyl (C=O) groups excluding carboxylic acids is 1. The van der Waals surface area contributed by atoms with E-state index in [1.165, 1.54) is 21.3 Å². The van der Waals surface area contributed by atoms with E-state index in [1.54, 1.807) is 12.1 Å². The largest absolute Gasteiger partial charge is 0.493 e. The molecule has 0 bridgehead atoms. The fourth-order valence-electron chi connectivity index (χ4n) is 2.22. The summed E-state index contributed by atoms with van der Waals surface area (Å²) in [6, 6.07) is 3.38. The van der Waals surface area contributed by atoms with Crippen LogP contribution in [0.25, 0.3) is 0 Å². The Labute approximate surface area is 137 Å². The summed E-state index contributed by atoms with van der Waals surface area (Å²) < 4.78 is 26.6. The number of benzene rings is 1. The van der Waals surface area contributed by atoms with Crippen LogP contribution in [-0.2, 0) is 9.47 Å². The van der Waals surface area contributed by atoms with Crippen molar-refractivity contribution in [3.63, 3.8) is 0 Å². The van der Waals surface area contributed by atoms with Gasteiger partial charge in [0.25, 0.3) is 0 Å². The smallest absolute Gasteiger partial charge is 0.204 e. The van der Waals surface area contributed by atoms with Gasteiger partial charge in [0.05, 0.1) is 33.5 Å². The van der Waals surface area contributed by atoms with Crippen molar-refractivity contribution in [3.8, 4) is 17.2 Å². The van der Waals surface area contributed by atoms with E-state index in [0.717, 1.165) is 0 Å². The number of Topliss-reactive ketones (excluding diaryl/α,β-unsaturated/α-hetero) is 1. The van der Waals surface area contributed by atoms with Crippen molar-refractivity contribution in [1.82, 2.24) is 0 Å². The van der Waals surface area contributed by atoms with Crippen LogP contribution >= 0.6 is 0 Å². The van der Waals surface area contributed by atoms with Crippen molar-refractivity contribution in [2.24, 2.45) is 0 Å². The second-order valence-corrected chi connectivity index (χ2v) is 4.80. The van der Waals surface area contributed by atoms with E-state index in [4.69, 9.17) is 23.7 Å². The number of hydrogen-bond donors (Lipinski definition) is 0. The van der Waals surface area contributed by atoms with Gasteiger partial charge in [-0.15, -0.1) is 0 Å². The molecule has 23 heavy (non-hydrogen) atoms. The number of ketones is 1. The summed E-state index contributed by atoms with van der Waals surface area (Å²) in [7, 11) is 4.55. The summed E-state index contributed by atoms with van der Waals surface area (Å²) in [6.45, 7) is 4.81. The topological polar surface area (TPSA) is 63.2 Å². The Morgan fingerprint density at radius 2 is 1.74 bits per heavy atom. The summed E-state index contributed by atoms with van der Waals surface area (Å²) >= 11 is 0. The van der Waals surface area contributed by atoms with Gasteiger partial charge in [0.15, 0.2) is 23.6 Å². The van der Waals surface area contributed by atoms with Crippen molar-refractivity contribution in [1.29, 1.82) is 0 Å². The van der Waals surface area contributed by atoms with Crippen LogP contribution in [0.5, 0.6) is 17.2 Å². The molecule has 0 amide bonds. The molecule has 130 valence electrons. The highest BCUT2D eigenvalue weighted by Gasteiger charge is 2.20. The van der Waals surface area contributed by atoms with E-state index in [0.29, 0.717) is 48.9 Å². The van der Waals surface area contributed by atoms with Gasteiger partial charge in [-0.1, -0.05) is 0 Å². The molecule has 0 radical (unpaired) electrons. The zero-order valence-electron chi connectivity index (χ0n) is 14.5. The second kappa shape index (κ2) is 10.1. The van der Waals surface area contributed by atoms with Gasteiger partial charge < -0.3 is 23.7 Å². The Balaban J connectivity index is 2.69. The number of hydrogen-bond acceptors (Lipinski definition) is 6. The predicted octanol–water partition coefficient (Wildman–Crippen LogP) is 3.07. The van der Waals surface area contributed by atoms with Gasteiger partial charge in [-0.05, 0) is 32.4 Å². The van der Waals surface area contributed by atoms with Crippen LogP contribution in [0, 0.1) is 0 Å². The molecule has 0 fully saturated rings. The summed E-state index contributed by atoms with van der Waals surface area (Å²) in [5.74, 6) is 1.30. The Kier molecular flexibility index (Phi) is 8.43. The molecule has 1 rings (SSSR count). The average Bonchev–Trinajstić information content (AvgIpc) is 2.57. The Morgan fingerprint density at radius 1 is 1.04 bits per heavy atom. The van der Waals surface area contributed by atoms with Crippen LogP contribution in [0.1, 0.15) is 37.0 Å². The fraction of sp³-hybridized carbons (Fsp3) is 0.588. The molecule has 6 heteroatoms. The van der Waals surface area contributed by atoms with Gasteiger partial charge >= 0.3 is 0 Å². The Bertz CT molecular complexity index is 500. The molecule has 0 aliphatic carbocycles. The quantitative estimate of drug-likeness (QED) is 0.354. The SMILES string of the molecule is CCOC(C)OCCCC(=O)c1ccc(OC)c(OC)c1OC. The molecule has 1 aromatic carbocycles. The van der Waals surface area contributed by atoms with E-state index in [1.807, 2.05) is 13.8 Å². The minimum atomic E-state index is -0.259. The monoisotopic (exact) mass is 326 g/mol. The summed E-state index contributed by atoms with van der Waals surface area (Å²) in [5, 5.41) is 0. The molecule has 0 saturated carbocycles. The zero-order valence-corrected chi connectivity index (χ0v) is 14.5. The molecule has 0 aromatic heterocycles. The van der Waals surface area contributed by atoms with Crippen LogP contribution in [0.15, 0.2) is 12.1 Å². The third-order valence-electron chi connectivity index (χ3n) is 3.31.